The molecule has 80 valence electrons. The molecule has 15 heavy (non-hydrogen) atoms. The fourth-order valence-corrected chi connectivity index (χ4v) is 1.46. The van der Waals surface area contributed by atoms with Crippen LogP contribution in [0.1, 0.15) is 15.9 Å². The molecule has 0 aromatic heterocycles. The number of Topliss-reactive ketones (excluding diaryl/α,β-unsaturated/α-hetero) is 2. The third-order valence-electron chi connectivity index (χ3n) is 1.87. The lowest BCUT2D eigenvalue weighted by Crippen LogP contribution is -2.16. The van der Waals surface area contributed by atoms with Gasteiger partial charge in [-0.15, -0.1) is 11.6 Å². The summed E-state index contributed by atoms with van der Waals surface area (Å²) in [4.78, 5) is 22.4. The molecule has 0 aliphatic heterocycles. The molecule has 0 N–H and O–H groups in total. The number of carbonyl (C=O) groups excluding carboxylic acids is 2. The maximum atomic E-state index is 13.1. The van der Waals surface area contributed by atoms with E-state index in [2.05, 4.69) is 0 Å². The highest BCUT2D eigenvalue weighted by Crippen LogP contribution is 2.21. The second-order valence-corrected chi connectivity index (χ2v) is 3.64. The molecule has 5 heteroatoms. The van der Waals surface area contributed by atoms with Crippen molar-refractivity contribution in [1.82, 2.24) is 0 Å². The number of benzene rings is 1. The molecule has 0 bridgehead atoms. The first-order valence-corrected chi connectivity index (χ1v) is 4.97. The third-order valence-corrected chi connectivity index (χ3v) is 2.42. The number of halogens is 3. The minimum absolute atomic E-state index is 0.0531. The van der Waals surface area contributed by atoms with Gasteiger partial charge in [0.15, 0.2) is 0 Å². The summed E-state index contributed by atoms with van der Waals surface area (Å²) in [6.07, 6.45) is 0. The zero-order valence-electron chi connectivity index (χ0n) is 7.81. The molecule has 0 spiro atoms. The Labute approximate surface area is 96.0 Å². The third kappa shape index (κ3) is 2.55. The molecule has 0 radical (unpaired) electrons. The summed E-state index contributed by atoms with van der Waals surface area (Å²) < 4.78 is 13.1. The SMILES string of the molecule is Cc1cc(Cl)c(C(=O)C(=O)CCl)cc1F. The molecule has 0 fully saturated rings. The molecule has 2 nitrogen and oxygen atoms in total. The van der Waals surface area contributed by atoms with Crippen LogP contribution in [0.2, 0.25) is 5.02 Å². The highest BCUT2D eigenvalue weighted by molar-refractivity contribution is 6.53. The van der Waals surface area contributed by atoms with Crippen LogP contribution in [0.3, 0.4) is 0 Å². The summed E-state index contributed by atoms with van der Waals surface area (Å²) in [5, 5.41) is 0.0531. The van der Waals surface area contributed by atoms with Gasteiger partial charge in [-0.3, -0.25) is 9.59 Å². The molecule has 0 amide bonds. The molecule has 0 heterocycles. The first-order chi connectivity index (χ1) is 6.97. The first-order valence-electron chi connectivity index (χ1n) is 4.06. The van der Waals surface area contributed by atoms with E-state index in [1.54, 1.807) is 0 Å². The summed E-state index contributed by atoms with van der Waals surface area (Å²) in [6.45, 7) is 1.51. The maximum Gasteiger partial charge on any atom is 0.231 e. The fourth-order valence-electron chi connectivity index (χ4n) is 1.03. The number of carbonyl (C=O) groups is 2. The van der Waals surface area contributed by atoms with Crippen molar-refractivity contribution in [3.8, 4) is 0 Å². The molecule has 0 aliphatic carbocycles. The predicted molar refractivity (Wildman–Crippen MR) is 56.2 cm³/mol. The van der Waals surface area contributed by atoms with E-state index < -0.39 is 23.3 Å². The Morgan fingerprint density at radius 2 is 2.00 bits per heavy atom. The second-order valence-electron chi connectivity index (χ2n) is 2.97. The van der Waals surface area contributed by atoms with Crippen molar-refractivity contribution in [3.63, 3.8) is 0 Å². The normalized spacial score (nSPS) is 10.1. The van der Waals surface area contributed by atoms with Crippen LogP contribution in [0, 0.1) is 12.7 Å². The lowest BCUT2D eigenvalue weighted by molar-refractivity contribution is -0.112. The summed E-state index contributed by atoms with van der Waals surface area (Å²) in [5.41, 5.74) is 0.167. The van der Waals surface area contributed by atoms with Gasteiger partial charge in [0.05, 0.1) is 10.9 Å². The van der Waals surface area contributed by atoms with E-state index in [1.165, 1.54) is 13.0 Å². The Morgan fingerprint density at radius 3 is 2.53 bits per heavy atom. The van der Waals surface area contributed by atoms with Crippen LogP contribution in [0.4, 0.5) is 4.39 Å². The summed E-state index contributed by atoms with van der Waals surface area (Å²) >= 11 is 10.9. The molecule has 1 rings (SSSR count). The van der Waals surface area contributed by atoms with Gasteiger partial charge < -0.3 is 0 Å². The van der Waals surface area contributed by atoms with Crippen molar-refractivity contribution >= 4 is 34.8 Å². The van der Waals surface area contributed by atoms with Crippen molar-refractivity contribution in [3.05, 3.63) is 34.1 Å². The largest absolute Gasteiger partial charge is 0.289 e. The fraction of sp³-hybridized carbons (Fsp3) is 0.200. The topological polar surface area (TPSA) is 34.1 Å². The van der Waals surface area contributed by atoms with Crippen LogP contribution < -0.4 is 0 Å². The van der Waals surface area contributed by atoms with Crippen LogP contribution >= 0.6 is 23.2 Å². The minimum atomic E-state index is -0.867. The average Bonchev–Trinajstić information content (AvgIpc) is 2.21. The van der Waals surface area contributed by atoms with Crippen molar-refractivity contribution in [2.45, 2.75) is 6.92 Å². The van der Waals surface area contributed by atoms with Crippen LogP contribution in [-0.2, 0) is 4.79 Å². The summed E-state index contributed by atoms with van der Waals surface area (Å²) in [5.74, 6) is -2.69. The number of ketones is 2. The van der Waals surface area contributed by atoms with Gasteiger partial charge in [-0.2, -0.15) is 0 Å². The molecule has 1 aromatic carbocycles. The number of hydrogen-bond acceptors (Lipinski definition) is 2. The molecule has 1 aromatic rings. The monoisotopic (exact) mass is 248 g/mol. The molecular weight excluding hydrogens is 242 g/mol. The highest BCUT2D eigenvalue weighted by Gasteiger charge is 2.19. The zero-order valence-corrected chi connectivity index (χ0v) is 9.32. The van der Waals surface area contributed by atoms with E-state index in [4.69, 9.17) is 23.2 Å². The Kier molecular flexibility index (Phi) is 3.83. The van der Waals surface area contributed by atoms with E-state index in [9.17, 15) is 14.0 Å². The minimum Gasteiger partial charge on any atom is -0.289 e. The van der Waals surface area contributed by atoms with Gasteiger partial charge in [0.25, 0.3) is 0 Å². The van der Waals surface area contributed by atoms with Crippen LogP contribution in [0.5, 0.6) is 0 Å². The lowest BCUT2D eigenvalue weighted by atomic mass is 10.1. The van der Waals surface area contributed by atoms with Crippen LogP contribution in [0.15, 0.2) is 12.1 Å². The van der Waals surface area contributed by atoms with E-state index in [-0.39, 0.29) is 10.6 Å². The second kappa shape index (κ2) is 4.73. The zero-order chi connectivity index (χ0) is 11.6. The van der Waals surface area contributed by atoms with E-state index in [1.807, 2.05) is 0 Å². The Hall–Kier alpha value is -0.930. The van der Waals surface area contributed by atoms with Crippen molar-refractivity contribution in [2.75, 3.05) is 5.88 Å². The molecule has 0 aliphatic rings. The van der Waals surface area contributed by atoms with Crippen molar-refractivity contribution < 1.29 is 14.0 Å². The van der Waals surface area contributed by atoms with Crippen molar-refractivity contribution in [2.24, 2.45) is 0 Å². The predicted octanol–water partition coefficient (Wildman–Crippen LogP) is 2.78. The Morgan fingerprint density at radius 1 is 1.40 bits per heavy atom. The van der Waals surface area contributed by atoms with Gasteiger partial charge in [-0.05, 0) is 24.6 Å². The molecule has 0 saturated heterocycles. The van der Waals surface area contributed by atoms with Gasteiger partial charge in [-0.25, -0.2) is 4.39 Å². The molecule has 0 unspecified atom stereocenters. The van der Waals surface area contributed by atoms with Gasteiger partial charge in [0, 0.05) is 5.56 Å². The highest BCUT2D eigenvalue weighted by atomic mass is 35.5. The van der Waals surface area contributed by atoms with Gasteiger partial charge in [0.1, 0.15) is 5.82 Å². The molecule has 0 saturated carbocycles. The van der Waals surface area contributed by atoms with Crippen LogP contribution in [-0.4, -0.2) is 17.4 Å². The number of rotatable bonds is 3. The number of alkyl halides is 1. The smallest absolute Gasteiger partial charge is 0.231 e. The van der Waals surface area contributed by atoms with Gasteiger partial charge in [0.2, 0.25) is 11.6 Å². The van der Waals surface area contributed by atoms with E-state index in [0.717, 1.165) is 6.07 Å². The van der Waals surface area contributed by atoms with Gasteiger partial charge >= 0.3 is 0 Å². The summed E-state index contributed by atoms with van der Waals surface area (Å²) in [6, 6.07) is 2.25. The number of aryl methyl sites for hydroxylation is 1. The number of hydrogen-bond donors (Lipinski definition) is 0. The Bertz CT molecular complexity index is 430. The van der Waals surface area contributed by atoms with Gasteiger partial charge in [-0.1, -0.05) is 11.6 Å². The molecule has 0 atom stereocenters. The van der Waals surface area contributed by atoms with E-state index in [0.29, 0.717) is 5.56 Å². The average molecular weight is 249 g/mol. The molecular formula is C10H7Cl2FO2. The summed E-state index contributed by atoms with van der Waals surface area (Å²) in [7, 11) is 0. The van der Waals surface area contributed by atoms with Crippen molar-refractivity contribution in [1.29, 1.82) is 0 Å². The van der Waals surface area contributed by atoms with Crippen LogP contribution in [0.25, 0.3) is 0 Å². The van der Waals surface area contributed by atoms with E-state index >= 15 is 0 Å². The first kappa shape index (κ1) is 12.1. The standard InChI is InChI=1S/C10H7Cl2FO2/c1-5-2-7(12)6(3-8(5)13)10(15)9(14)4-11/h2-3H,4H2,1H3. The maximum absolute atomic E-state index is 13.1. The Balaban J connectivity index is 3.21. The quantitative estimate of drug-likeness (QED) is 0.469. The lowest BCUT2D eigenvalue weighted by Gasteiger charge is -2.03.